The van der Waals surface area contributed by atoms with Gasteiger partial charge in [-0.3, -0.25) is 30.6 Å². The van der Waals surface area contributed by atoms with Crippen LogP contribution in [0.1, 0.15) is 34.6 Å². The lowest BCUT2D eigenvalue weighted by molar-refractivity contribution is -0.384. The minimum Gasteiger partial charge on any atom is -0.493 e. The Morgan fingerprint density at radius 3 is 2.19 bits per heavy atom. The number of carbonyl (C=O) groups excluding carboxylic acids is 2. The molecule has 2 N–H and O–H groups in total. The van der Waals surface area contributed by atoms with Crippen molar-refractivity contribution in [2.45, 2.75) is 13.8 Å². The molecule has 8 heteroatoms. The zero-order valence-corrected chi connectivity index (χ0v) is 14.4. The van der Waals surface area contributed by atoms with Crippen LogP contribution in [-0.2, 0) is 0 Å². The van der Waals surface area contributed by atoms with Gasteiger partial charge in [-0.15, -0.1) is 0 Å². The first-order valence-electron chi connectivity index (χ1n) is 7.95. The van der Waals surface area contributed by atoms with E-state index in [-0.39, 0.29) is 11.3 Å². The van der Waals surface area contributed by atoms with Crippen LogP contribution in [0.15, 0.2) is 48.5 Å². The third kappa shape index (κ3) is 5.30. The highest BCUT2D eigenvalue weighted by atomic mass is 16.6. The molecule has 0 saturated heterocycles. The Hall–Kier alpha value is -3.42. The van der Waals surface area contributed by atoms with Crippen molar-refractivity contribution < 1.29 is 19.2 Å². The number of nitro benzene ring substituents is 1. The summed E-state index contributed by atoms with van der Waals surface area (Å²) in [7, 11) is 0. The standard InChI is InChI=1S/C18H19N3O5/c1-12(2)11-26-16-8-4-6-14(10-16)18(23)20-19-17(22)13-5-3-7-15(9-13)21(24)25/h3-10,12H,11H2,1-2H3,(H,19,22)(H,20,23). The molecular formula is C18H19N3O5. The van der Waals surface area contributed by atoms with E-state index in [0.717, 1.165) is 6.07 Å². The molecule has 0 aliphatic carbocycles. The highest BCUT2D eigenvalue weighted by Gasteiger charge is 2.13. The number of nitrogens with zero attached hydrogens (tertiary/aromatic N) is 1. The largest absolute Gasteiger partial charge is 0.493 e. The van der Waals surface area contributed by atoms with Crippen LogP contribution < -0.4 is 15.6 Å². The van der Waals surface area contributed by atoms with Gasteiger partial charge in [0.05, 0.1) is 11.5 Å². The monoisotopic (exact) mass is 357 g/mol. The molecule has 2 rings (SSSR count). The predicted molar refractivity (Wildman–Crippen MR) is 94.8 cm³/mol. The van der Waals surface area contributed by atoms with E-state index >= 15 is 0 Å². The second kappa shape index (κ2) is 8.61. The lowest BCUT2D eigenvalue weighted by Gasteiger charge is -2.11. The molecule has 0 spiro atoms. The number of rotatable bonds is 6. The Balaban J connectivity index is 1.98. The summed E-state index contributed by atoms with van der Waals surface area (Å²) in [6.07, 6.45) is 0. The molecular weight excluding hydrogens is 338 g/mol. The lowest BCUT2D eigenvalue weighted by atomic mass is 10.2. The second-order valence-electron chi connectivity index (χ2n) is 5.95. The summed E-state index contributed by atoms with van der Waals surface area (Å²) >= 11 is 0. The van der Waals surface area contributed by atoms with Gasteiger partial charge in [-0.25, -0.2) is 0 Å². The number of non-ortho nitro benzene ring substituents is 1. The van der Waals surface area contributed by atoms with Crippen LogP contribution in [0, 0.1) is 16.0 Å². The van der Waals surface area contributed by atoms with E-state index in [4.69, 9.17) is 4.74 Å². The highest BCUT2D eigenvalue weighted by Crippen LogP contribution is 2.15. The molecule has 0 heterocycles. The average Bonchev–Trinajstić information content (AvgIpc) is 2.64. The van der Waals surface area contributed by atoms with Gasteiger partial charge in [0.2, 0.25) is 0 Å². The molecule has 2 aromatic rings. The van der Waals surface area contributed by atoms with Crippen LogP contribution in [0.25, 0.3) is 0 Å². The van der Waals surface area contributed by atoms with Crippen LogP contribution in [-0.4, -0.2) is 23.3 Å². The normalized spacial score (nSPS) is 10.3. The minimum absolute atomic E-state index is 0.0634. The maximum absolute atomic E-state index is 12.2. The number of nitrogens with one attached hydrogen (secondary N) is 2. The molecule has 26 heavy (non-hydrogen) atoms. The SMILES string of the molecule is CC(C)COc1cccc(C(=O)NNC(=O)c2cccc([N+](=O)[O-])c2)c1. The number of hydrogen-bond donors (Lipinski definition) is 2. The minimum atomic E-state index is -0.658. The number of amides is 2. The van der Waals surface area contributed by atoms with E-state index < -0.39 is 16.7 Å². The maximum Gasteiger partial charge on any atom is 0.270 e. The summed E-state index contributed by atoms with van der Waals surface area (Å²) in [5.41, 5.74) is 4.67. The van der Waals surface area contributed by atoms with Gasteiger partial charge in [0.1, 0.15) is 5.75 Å². The zero-order chi connectivity index (χ0) is 19.1. The highest BCUT2D eigenvalue weighted by molar-refractivity contribution is 5.99. The van der Waals surface area contributed by atoms with Crippen molar-refractivity contribution in [3.05, 3.63) is 69.8 Å². The van der Waals surface area contributed by atoms with Gasteiger partial charge in [0.25, 0.3) is 17.5 Å². The first-order chi connectivity index (χ1) is 12.4. The molecule has 0 fully saturated rings. The summed E-state index contributed by atoms with van der Waals surface area (Å²) in [4.78, 5) is 34.3. The van der Waals surface area contributed by atoms with E-state index in [9.17, 15) is 19.7 Å². The van der Waals surface area contributed by atoms with Gasteiger partial charge in [0, 0.05) is 23.3 Å². The van der Waals surface area contributed by atoms with Crippen LogP contribution >= 0.6 is 0 Å². The molecule has 0 aliphatic rings. The summed E-state index contributed by atoms with van der Waals surface area (Å²) < 4.78 is 5.56. The Kier molecular flexibility index (Phi) is 6.26. The number of carbonyl (C=O) groups is 2. The fourth-order valence-corrected chi connectivity index (χ4v) is 2.01. The Morgan fingerprint density at radius 2 is 1.62 bits per heavy atom. The molecule has 2 aromatic carbocycles. The van der Waals surface area contributed by atoms with Gasteiger partial charge in [0.15, 0.2) is 0 Å². The molecule has 0 bridgehead atoms. The number of nitro groups is 1. The first kappa shape index (κ1) is 18.9. The third-order valence-electron chi connectivity index (χ3n) is 3.29. The van der Waals surface area contributed by atoms with Gasteiger partial charge in [-0.1, -0.05) is 26.0 Å². The van der Waals surface area contributed by atoms with Crippen LogP contribution in [0.5, 0.6) is 5.75 Å². The third-order valence-corrected chi connectivity index (χ3v) is 3.29. The quantitative estimate of drug-likeness (QED) is 0.610. The van der Waals surface area contributed by atoms with Crippen molar-refractivity contribution in [3.8, 4) is 5.75 Å². The molecule has 0 aromatic heterocycles. The van der Waals surface area contributed by atoms with Crippen LogP contribution in [0.2, 0.25) is 0 Å². The van der Waals surface area contributed by atoms with E-state index in [1.54, 1.807) is 24.3 Å². The fraction of sp³-hybridized carbons (Fsp3) is 0.222. The molecule has 0 atom stereocenters. The van der Waals surface area contributed by atoms with Crippen LogP contribution in [0.4, 0.5) is 5.69 Å². The Bertz CT molecular complexity index is 820. The van der Waals surface area contributed by atoms with Gasteiger partial charge in [-0.05, 0) is 30.2 Å². The zero-order valence-electron chi connectivity index (χ0n) is 14.4. The summed E-state index contributed by atoms with van der Waals surface area (Å²) in [5, 5.41) is 10.7. The topological polar surface area (TPSA) is 111 Å². The summed E-state index contributed by atoms with van der Waals surface area (Å²) in [6, 6.07) is 11.8. The van der Waals surface area contributed by atoms with Crippen molar-refractivity contribution >= 4 is 17.5 Å². The first-order valence-corrected chi connectivity index (χ1v) is 7.95. The Labute approximate surface area is 150 Å². The van der Waals surface area contributed by atoms with E-state index in [1.807, 2.05) is 13.8 Å². The fourth-order valence-electron chi connectivity index (χ4n) is 2.01. The van der Waals surface area contributed by atoms with Crippen molar-refractivity contribution in [1.82, 2.24) is 10.9 Å². The van der Waals surface area contributed by atoms with Gasteiger partial charge in [-0.2, -0.15) is 0 Å². The maximum atomic E-state index is 12.2. The number of benzene rings is 2. The smallest absolute Gasteiger partial charge is 0.270 e. The lowest BCUT2D eigenvalue weighted by Crippen LogP contribution is -2.41. The molecule has 2 amide bonds. The van der Waals surface area contributed by atoms with Crippen molar-refractivity contribution in [3.63, 3.8) is 0 Å². The molecule has 0 unspecified atom stereocenters. The molecule has 0 radical (unpaired) electrons. The number of hydrazine groups is 1. The molecule has 0 saturated carbocycles. The molecule has 0 aliphatic heterocycles. The predicted octanol–water partition coefficient (Wildman–Crippen LogP) is 2.70. The average molecular weight is 357 g/mol. The molecule has 8 nitrogen and oxygen atoms in total. The van der Waals surface area contributed by atoms with E-state index in [2.05, 4.69) is 10.9 Å². The van der Waals surface area contributed by atoms with Crippen LogP contribution in [0.3, 0.4) is 0 Å². The summed E-state index contributed by atoms with van der Waals surface area (Å²) in [5.74, 6) is -0.286. The van der Waals surface area contributed by atoms with Gasteiger partial charge < -0.3 is 4.74 Å². The molecule has 136 valence electrons. The Morgan fingerprint density at radius 1 is 1.04 bits per heavy atom. The van der Waals surface area contributed by atoms with Gasteiger partial charge >= 0.3 is 0 Å². The number of hydrogen-bond acceptors (Lipinski definition) is 5. The van der Waals surface area contributed by atoms with Crippen molar-refractivity contribution in [2.24, 2.45) is 5.92 Å². The summed E-state index contributed by atoms with van der Waals surface area (Å²) in [6.45, 7) is 4.55. The second-order valence-corrected chi connectivity index (χ2v) is 5.95. The van der Waals surface area contributed by atoms with Crippen molar-refractivity contribution in [2.75, 3.05) is 6.61 Å². The van der Waals surface area contributed by atoms with Crippen molar-refractivity contribution in [1.29, 1.82) is 0 Å². The van der Waals surface area contributed by atoms with E-state index in [0.29, 0.717) is 23.8 Å². The number of ether oxygens (including phenoxy) is 1. The van der Waals surface area contributed by atoms with E-state index in [1.165, 1.54) is 18.2 Å².